The Morgan fingerprint density at radius 3 is 2.38 bits per heavy atom. The Morgan fingerprint density at radius 1 is 1.14 bits per heavy atom. The SMILES string of the molecule is CCCCC1COC2(CC(C)(C)N([OH2+])C(CC)(CC)C2)O1. The minimum absolute atomic E-state index is 0.138. The Bertz CT molecular complexity index is 354. The highest BCUT2D eigenvalue weighted by Crippen LogP contribution is 2.50. The highest BCUT2D eigenvalue weighted by Gasteiger charge is 2.61. The van der Waals surface area contributed by atoms with Crippen LogP contribution in [0.3, 0.4) is 0 Å². The van der Waals surface area contributed by atoms with Gasteiger partial charge in [0, 0.05) is 12.8 Å². The maximum Gasteiger partial charge on any atom is 0.172 e. The molecule has 2 N–H and O–H groups in total. The summed E-state index contributed by atoms with van der Waals surface area (Å²) < 4.78 is 12.6. The zero-order valence-electron chi connectivity index (χ0n) is 14.5. The second-order valence-corrected chi connectivity index (χ2v) is 7.54. The monoisotopic (exact) mass is 300 g/mol. The number of hydrogen-bond acceptors (Lipinski definition) is 3. The van der Waals surface area contributed by atoms with Crippen LogP contribution in [0, 0.1) is 0 Å². The van der Waals surface area contributed by atoms with E-state index in [1.165, 1.54) is 12.8 Å². The molecule has 2 aliphatic heterocycles. The van der Waals surface area contributed by atoms with Gasteiger partial charge >= 0.3 is 0 Å². The predicted molar refractivity (Wildman–Crippen MR) is 85.2 cm³/mol. The molecule has 2 heterocycles. The van der Waals surface area contributed by atoms with Gasteiger partial charge in [-0.3, -0.25) is 0 Å². The summed E-state index contributed by atoms with van der Waals surface area (Å²) in [6.07, 6.45) is 7.27. The van der Waals surface area contributed by atoms with Crippen LogP contribution in [0.25, 0.3) is 0 Å². The van der Waals surface area contributed by atoms with E-state index in [-0.39, 0.29) is 17.2 Å². The molecular weight excluding hydrogens is 266 g/mol. The fraction of sp³-hybridized carbons (Fsp3) is 1.00. The average molecular weight is 300 g/mol. The Morgan fingerprint density at radius 2 is 1.81 bits per heavy atom. The van der Waals surface area contributed by atoms with Gasteiger partial charge < -0.3 is 14.7 Å². The Kier molecular flexibility index (Phi) is 5.04. The van der Waals surface area contributed by atoms with Crippen LogP contribution in [0.5, 0.6) is 0 Å². The Hall–Kier alpha value is -0.160. The van der Waals surface area contributed by atoms with E-state index < -0.39 is 5.79 Å². The molecule has 0 aromatic rings. The number of ether oxygens (including phenoxy) is 2. The van der Waals surface area contributed by atoms with E-state index in [9.17, 15) is 0 Å². The number of nitrogens with zero attached hydrogens (tertiary/aromatic N) is 1. The van der Waals surface area contributed by atoms with Gasteiger partial charge in [0.05, 0.1) is 23.8 Å². The molecule has 1 spiro atoms. The zero-order chi connectivity index (χ0) is 15.7. The van der Waals surface area contributed by atoms with E-state index >= 15 is 0 Å². The van der Waals surface area contributed by atoms with Crippen molar-refractivity contribution in [2.24, 2.45) is 0 Å². The summed E-state index contributed by atoms with van der Waals surface area (Å²) in [6, 6.07) is 0. The van der Waals surface area contributed by atoms with Crippen LogP contribution in [-0.2, 0) is 9.47 Å². The van der Waals surface area contributed by atoms with Gasteiger partial charge in [-0.15, -0.1) is 0 Å². The molecule has 0 radical (unpaired) electrons. The van der Waals surface area contributed by atoms with E-state index in [4.69, 9.17) is 14.7 Å². The fourth-order valence-electron chi connectivity index (χ4n) is 4.22. The Balaban J connectivity index is 2.18. The molecule has 2 saturated heterocycles. The standard InChI is InChI=1S/C17H33NO3/c1-6-9-10-14-11-20-17(21-14)12-15(4,5)18(19)16(7-2,8-3)13-17/h14,19H,6-13H2,1-5H3/p+1. The van der Waals surface area contributed by atoms with Crippen molar-refractivity contribution in [3.63, 3.8) is 0 Å². The normalized spacial score (nSPS) is 35.4. The first-order valence-electron chi connectivity index (χ1n) is 8.66. The molecule has 4 heteroatoms. The molecule has 0 aromatic heterocycles. The lowest BCUT2D eigenvalue weighted by atomic mass is 9.73. The van der Waals surface area contributed by atoms with Gasteiger partial charge in [0.25, 0.3) is 0 Å². The van der Waals surface area contributed by atoms with Gasteiger partial charge in [0.1, 0.15) is 0 Å². The fourth-order valence-corrected chi connectivity index (χ4v) is 4.22. The van der Waals surface area contributed by atoms with Gasteiger partial charge in [-0.1, -0.05) is 38.7 Å². The van der Waals surface area contributed by atoms with Gasteiger partial charge in [-0.25, -0.2) is 0 Å². The zero-order valence-corrected chi connectivity index (χ0v) is 14.5. The largest absolute Gasteiger partial charge is 0.347 e. The van der Waals surface area contributed by atoms with Crippen molar-refractivity contribution in [2.45, 2.75) is 103 Å². The summed E-state index contributed by atoms with van der Waals surface area (Å²) >= 11 is 0. The third kappa shape index (κ3) is 3.14. The maximum absolute atomic E-state index is 8.61. The average Bonchev–Trinajstić information content (AvgIpc) is 2.83. The van der Waals surface area contributed by atoms with Crippen LogP contribution >= 0.6 is 0 Å². The first-order chi connectivity index (χ1) is 9.83. The molecule has 124 valence electrons. The minimum atomic E-state index is -0.467. The van der Waals surface area contributed by atoms with Gasteiger partial charge in [-0.2, -0.15) is 0 Å². The lowest BCUT2D eigenvalue weighted by Crippen LogP contribution is -2.66. The molecule has 2 rings (SSSR count). The molecule has 2 atom stereocenters. The molecule has 4 nitrogen and oxygen atoms in total. The van der Waals surface area contributed by atoms with Gasteiger partial charge in [-0.05, 0) is 33.1 Å². The molecule has 0 bridgehead atoms. The van der Waals surface area contributed by atoms with Crippen LogP contribution in [0.1, 0.15) is 79.6 Å². The van der Waals surface area contributed by atoms with Crippen LogP contribution < -0.4 is 0 Å². The lowest BCUT2D eigenvalue weighted by molar-refractivity contribution is -0.326. The molecule has 2 fully saturated rings. The molecule has 0 aromatic carbocycles. The molecular formula is C17H34NO3+. The van der Waals surface area contributed by atoms with Crippen molar-refractivity contribution < 1.29 is 14.7 Å². The minimum Gasteiger partial charge on any atom is -0.347 e. The van der Waals surface area contributed by atoms with E-state index in [1.807, 2.05) is 5.06 Å². The molecule has 0 amide bonds. The van der Waals surface area contributed by atoms with Gasteiger partial charge in [0.15, 0.2) is 5.79 Å². The summed E-state index contributed by atoms with van der Waals surface area (Å²) in [5.74, 6) is -0.467. The van der Waals surface area contributed by atoms with Crippen LogP contribution in [-0.4, -0.2) is 39.8 Å². The van der Waals surface area contributed by atoms with Crippen LogP contribution in [0.4, 0.5) is 0 Å². The Labute approximate surface area is 129 Å². The number of unbranched alkanes of at least 4 members (excludes halogenated alkanes) is 1. The molecule has 0 saturated carbocycles. The van der Waals surface area contributed by atoms with E-state index in [1.54, 1.807) is 0 Å². The third-order valence-corrected chi connectivity index (χ3v) is 5.49. The first kappa shape index (κ1) is 17.2. The molecule has 2 unspecified atom stereocenters. The quantitative estimate of drug-likeness (QED) is 0.731. The van der Waals surface area contributed by atoms with Crippen molar-refractivity contribution in [2.75, 3.05) is 6.61 Å². The maximum atomic E-state index is 8.61. The predicted octanol–water partition coefficient (Wildman–Crippen LogP) is 3.36. The van der Waals surface area contributed by atoms with Crippen molar-refractivity contribution in [1.29, 1.82) is 0 Å². The topological polar surface area (TPSA) is 44.6 Å². The molecule has 21 heavy (non-hydrogen) atoms. The second-order valence-electron chi connectivity index (χ2n) is 7.54. The van der Waals surface area contributed by atoms with E-state index in [0.29, 0.717) is 0 Å². The van der Waals surface area contributed by atoms with Crippen molar-refractivity contribution in [1.82, 2.24) is 5.06 Å². The third-order valence-electron chi connectivity index (χ3n) is 5.49. The van der Waals surface area contributed by atoms with E-state index in [2.05, 4.69) is 34.6 Å². The second kappa shape index (κ2) is 6.15. The number of hydroxylamine groups is 2. The van der Waals surface area contributed by atoms with Crippen LogP contribution in [0.2, 0.25) is 0 Å². The summed E-state index contributed by atoms with van der Waals surface area (Å²) in [6.45, 7) is 11.6. The summed E-state index contributed by atoms with van der Waals surface area (Å²) in [5, 5.41) is 10.4. The summed E-state index contributed by atoms with van der Waals surface area (Å²) in [5.41, 5.74) is -0.356. The highest BCUT2D eigenvalue weighted by atomic mass is 16.7. The van der Waals surface area contributed by atoms with Crippen LogP contribution in [0.15, 0.2) is 0 Å². The first-order valence-corrected chi connectivity index (χ1v) is 8.66. The van der Waals surface area contributed by atoms with Crippen molar-refractivity contribution in [3.05, 3.63) is 0 Å². The molecule has 0 aliphatic carbocycles. The molecule has 2 aliphatic rings. The summed E-state index contributed by atoms with van der Waals surface area (Å²) in [7, 11) is 0. The number of piperidine rings is 1. The summed E-state index contributed by atoms with van der Waals surface area (Å²) in [4.78, 5) is 0. The van der Waals surface area contributed by atoms with Crippen molar-refractivity contribution in [3.8, 4) is 0 Å². The lowest BCUT2D eigenvalue weighted by Gasteiger charge is -2.53. The van der Waals surface area contributed by atoms with E-state index in [0.717, 1.165) is 38.7 Å². The van der Waals surface area contributed by atoms with Gasteiger partial charge in [0.2, 0.25) is 0 Å². The van der Waals surface area contributed by atoms with Crippen molar-refractivity contribution >= 4 is 0 Å². The highest BCUT2D eigenvalue weighted by molar-refractivity contribution is 5.05. The number of hydrogen-bond donors (Lipinski definition) is 0. The smallest absolute Gasteiger partial charge is 0.172 e. The number of rotatable bonds is 5.